The maximum Gasteiger partial charge on any atom is 0.267 e. The van der Waals surface area contributed by atoms with Gasteiger partial charge in [-0.25, -0.2) is 39.1 Å². The van der Waals surface area contributed by atoms with Crippen molar-refractivity contribution >= 4 is 43.3 Å². The molecule has 0 amide bonds. The van der Waals surface area contributed by atoms with Gasteiger partial charge in [0, 0.05) is 17.2 Å². The first-order valence-corrected chi connectivity index (χ1v) is 11.1. The first-order chi connectivity index (χ1) is 12.5. The van der Waals surface area contributed by atoms with E-state index in [0.29, 0.717) is 5.56 Å². The smallest absolute Gasteiger partial charge is 0.207 e. The van der Waals surface area contributed by atoms with Gasteiger partial charge in [0.05, 0.1) is 0 Å². The molecule has 28 heavy (non-hydrogen) atoms. The first kappa shape index (κ1) is 26.7. The van der Waals surface area contributed by atoms with Gasteiger partial charge in [0.25, 0.3) is 9.05 Å². The van der Waals surface area contributed by atoms with Gasteiger partial charge in [-0.1, -0.05) is 44.2 Å². The minimum Gasteiger partial charge on any atom is -0.207 e. The third kappa shape index (κ3) is 5.83. The lowest BCUT2D eigenvalue weighted by Gasteiger charge is -2.12. The second kappa shape index (κ2) is 10.4. The molecule has 0 atom stereocenters. The predicted molar refractivity (Wildman–Crippen MR) is 102 cm³/mol. The molecule has 0 heterocycles. The highest BCUT2D eigenvalue weighted by Crippen LogP contribution is 2.32. The highest BCUT2D eigenvalue weighted by atomic mass is 35.7. The van der Waals surface area contributed by atoms with E-state index >= 15 is 0 Å². The van der Waals surface area contributed by atoms with Crippen LogP contribution in [0.15, 0.2) is 40.1 Å². The highest BCUT2D eigenvalue weighted by molar-refractivity contribution is 8.13. The second-order valence-corrected chi connectivity index (χ2v) is 8.87. The Kier molecular flexibility index (Phi) is 9.94. The maximum absolute atomic E-state index is 13.9. The SMILES string of the molecule is CC.O=S(=O)(Cl)c1c(F)c(F)c(S(=O)(=O)NCc2ccccc2)c(F)c1F.S. The number of nitrogens with one attached hydrogen (secondary N) is 1. The van der Waals surface area contributed by atoms with Crippen LogP contribution < -0.4 is 4.72 Å². The number of hydrogen-bond donors (Lipinski definition) is 1. The highest BCUT2D eigenvalue weighted by Gasteiger charge is 2.37. The minimum absolute atomic E-state index is 0. The van der Waals surface area contributed by atoms with Crippen molar-refractivity contribution < 1.29 is 34.4 Å². The molecule has 0 unspecified atom stereocenters. The van der Waals surface area contributed by atoms with Gasteiger partial charge in [0.2, 0.25) is 10.0 Å². The van der Waals surface area contributed by atoms with E-state index in [1.54, 1.807) is 22.9 Å². The summed E-state index contributed by atoms with van der Waals surface area (Å²) < 4.78 is 103. The molecule has 2 aromatic carbocycles. The number of hydrogen-bond acceptors (Lipinski definition) is 4. The average molecular weight is 482 g/mol. The fraction of sp³-hybridized carbons (Fsp3) is 0.200. The molecule has 0 aliphatic carbocycles. The Bertz CT molecular complexity index is 1000. The van der Waals surface area contributed by atoms with Crippen LogP contribution in [0.25, 0.3) is 0 Å². The molecule has 0 aliphatic rings. The molecular weight excluding hydrogens is 466 g/mol. The Morgan fingerprint density at radius 1 is 0.821 bits per heavy atom. The second-order valence-electron chi connectivity index (χ2n) is 4.66. The molecule has 5 nitrogen and oxygen atoms in total. The number of benzene rings is 2. The van der Waals surface area contributed by atoms with E-state index in [-0.39, 0.29) is 13.5 Å². The molecule has 0 aromatic heterocycles. The maximum atomic E-state index is 13.9. The normalized spacial score (nSPS) is 11.2. The fourth-order valence-corrected chi connectivity index (χ4v) is 4.05. The Hall–Kier alpha value is -1.34. The van der Waals surface area contributed by atoms with Gasteiger partial charge in [-0.05, 0) is 5.56 Å². The van der Waals surface area contributed by atoms with Crippen molar-refractivity contribution in [1.29, 1.82) is 0 Å². The van der Waals surface area contributed by atoms with E-state index in [9.17, 15) is 34.4 Å². The zero-order valence-corrected chi connectivity index (χ0v) is 17.8. The zero-order valence-electron chi connectivity index (χ0n) is 14.4. The van der Waals surface area contributed by atoms with Gasteiger partial charge in [0.1, 0.15) is 0 Å². The van der Waals surface area contributed by atoms with Gasteiger partial charge < -0.3 is 0 Å². The summed E-state index contributed by atoms with van der Waals surface area (Å²) >= 11 is 0. The van der Waals surface area contributed by atoms with Crippen LogP contribution in [-0.4, -0.2) is 16.8 Å². The van der Waals surface area contributed by atoms with Gasteiger partial charge in [0.15, 0.2) is 33.1 Å². The molecule has 158 valence electrons. The van der Waals surface area contributed by atoms with Crippen LogP contribution >= 0.6 is 24.2 Å². The topological polar surface area (TPSA) is 80.3 Å². The number of halogens is 5. The number of sulfonamides is 1. The molecule has 0 saturated heterocycles. The lowest BCUT2D eigenvalue weighted by atomic mass is 10.2. The molecule has 0 saturated carbocycles. The Morgan fingerprint density at radius 3 is 1.61 bits per heavy atom. The summed E-state index contributed by atoms with van der Waals surface area (Å²) in [5.74, 6) is -9.68. The summed E-state index contributed by atoms with van der Waals surface area (Å²) in [5.41, 5.74) is 0.396. The lowest BCUT2D eigenvalue weighted by molar-refractivity contribution is 0.390. The van der Waals surface area contributed by atoms with Crippen molar-refractivity contribution in [3.05, 3.63) is 59.2 Å². The zero-order chi connectivity index (χ0) is 21.0. The van der Waals surface area contributed by atoms with Gasteiger partial charge in [-0.2, -0.15) is 13.5 Å². The van der Waals surface area contributed by atoms with Gasteiger partial charge in [-0.3, -0.25) is 0 Å². The van der Waals surface area contributed by atoms with E-state index in [1.165, 1.54) is 12.1 Å². The molecule has 0 fully saturated rings. The van der Waals surface area contributed by atoms with Crippen LogP contribution in [0, 0.1) is 23.3 Å². The fourth-order valence-electron chi connectivity index (χ4n) is 1.89. The Morgan fingerprint density at radius 2 is 1.21 bits per heavy atom. The van der Waals surface area contributed by atoms with E-state index in [0.717, 1.165) is 0 Å². The molecule has 0 radical (unpaired) electrons. The average Bonchev–Trinajstić information content (AvgIpc) is 2.60. The van der Waals surface area contributed by atoms with Crippen LogP contribution in [0.2, 0.25) is 0 Å². The predicted octanol–water partition coefficient (Wildman–Crippen LogP) is 3.79. The quantitative estimate of drug-likeness (QED) is 0.400. The van der Waals surface area contributed by atoms with E-state index in [1.807, 2.05) is 13.8 Å². The van der Waals surface area contributed by atoms with Crippen LogP contribution in [0.3, 0.4) is 0 Å². The molecule has 2 rings (SSSR count). The molecular formula is C15H16ClF4NO4S3. The Labute approximate surface area is 171 Å². The summed E-state index contributed by atoms with van der Waals surface area (Å²) in [7, 11) is -5.53. The summed E-state index contributed by atoms with van der Waals surface area (Å²) in [6, 6.07) is 7.72. The third-order valence-electron chi connectivity index (χ3n) is 3.00. The third-order valence-corrected chi connectivity index (χ3v) is 5.73. The molecule has 13 heteroatoms. The van der Waals surface area contributed by atoms with Crippen molar-refractivity contribution in [1.82, 2.24) is 4.72 Å². The van der Waals surface area contributed by atoms with E-state index in [4.69, 9.17) is 10.7 Å². The van der Waals surface area contributed by atoms with Crippen LogP contribution in [0.1, 0.15) is 19.4 Å². The van der Waals surface area contributed by atoms with Crippen molar-refractivity contribution in [2.45, 2.75) is 30.2 Å². The summed E-state index contributed by atoms with van der Waals surface area (Å²) in [6.07, 6.45) is 0. The lowest BCUT2D eigenvalue weighted by Crippen LogP contribution is -2.27. The summed E-state index contributed by atoms with van der Waals surface area (Å²) in [5, 5.41) is 0. The van der Waals surface area contributed by atoms with Crippen LogP contribution in [0.5, 0.6) is 0 Å². The largest absolute Gasteiger partial charge is 0.267 e. The molecule has 2 aromatic rings. The molecule has 0 spiro atoms. The molecule has 0 aliphatic heterocycles. The summed E-state index contributed by atoms with van der Waals surface area (Å²) in [6.45, 7) is 3.57. The van der Waals surface area contributed by atoms with Crippen LogP contribution in [-0.2, 0) is 25.6 Å². The first-order valence-electron chi connectivity index (χ1n) is 7.31. The van der Waals surface area contributed by atoms with Crippen molar-refractivity contribution in [3.8, 4) is 0 Å². The minimum atomic E-state index is -5.20. The molecule has 1 N–H and O–H groups in total. The van der Waals surface area contributed by atoms with E-state index in [2.05, 4.69) is 0 Å². The van der Waals surface area contributed by atoms with Crippen molar-refractivity contribution in [3.63, 3.8) is 0 Å². The Balaban J connectivity index is 0.00000235. The molecule has 0 bridgehead atoms. The van der Waals surface area contributed by atoms with Crippen molar-refractivity contribution in [2.75, 3.05) is 0 Å². The monoisotopic (exact) mass is 481 g/mol. The van der Waals surface area contributed by atoms with Gasteiger partial charge >= 0.3 is 0 Å². The van der Waals surface area contributed by atoms with E-state index < -0.39 is 58.7 Å². The summed E-state index contributed by atoms with van der Waals surface area (Å²) in [4.78, 5) is -4.09. The van der Waals surface area contributed by atoms with Gasteiger partial charge in [-0.15, -0.1) is 0 Å². The standard InChI is InChI=1S/C13H8ClF4NO4S2.C2H6.H2S/c14-24(20,21)12-8(15)10(17)13(11(18)9(12)16)25(22,23)19-6-7-4-2-1-3-5-7;1-2;/h1-5,19H,6H2;1-2H3;1H2. The number of rotatable bonds is 5. The van der Waals surface area contributed by atoms with Crippen molar-refractivity contribution in [2.24, 2.45) is 0 Å². The van der Waals surface area contributed by atoms with Crippen LogP contribution in [0.4, 0.5) is 17.6 Å².